The first kappa shape index (κ1) is 22.7. The molecule has 0 fully saturated rings. The van der Waals surface area contributed by atoms with Crippen molar-refractivity contribution in [1.82, 2.24) is 4.57 Å². The second-order valence-corrected chi connectivity index (χ2v) is 7.25. The van der Waals surface area contributed by atoms with Gasteiger partial charge in [0.25, 0.3) is 5.56 Å². The standard InChI is InChI=1S/C26H20F2N2O4/c27-17-34-22-12-10-21(11-13-22)30-15-23(19-6-8-20(28)9-7-19)24(14-25(30)31)29-26(32)33-16-18-4-2-1-3-5-18/h1-15H,16-17H2,(H,29,32). The Morgan fingerprint density at radius 2 is 1.65 bits per heavy atom. The van der Waals surface area contributed by atoms with Crippen LogP contribution in [-0.4, -0.2) is 17.5 Å². The Balaban J connectivity index is 1.66. The molecule has 4 rings (SSSR count). The zero-order valence-corrected chi connectivity index (χ0v) is 17.9. The molecular weight excluding hydrogens is 442 g/mol. The number of carbonyl (C=O) groups is 1. The molecule has 0 spiro atoms. The summed E-state index contributed by atoms with van der Waals surface area (Å²) in [6.45, 7) is -0.905. The van der Waals surface area contributed by atoms with Crippen LogP contribution in [0.25, 0.3) is 16.8 Å². The summed E-state index contributed by atoms with van der Waals surface area (Å²) in [5.74, 6) is -0.102. The molecule has 0 aliphatic rings. The largest absolute Gasteiger partial charge is 0.463 e. The third-order valence-electron chi connectivity index (χ3n) is 4.99. The maximum absolute atomic E-state index is 13.5. The van der Waals surface area contributed by atoms with Crippen LogP contribution < -0.4 is 15.6 Å². The van der Waals surface area contributed by atoms with Crippen LogP contribution in [0.3, 0.4) is 0 Å². The molecule has 172 valence electrons. The van der Waals surface area contributed by atoms with Crippen molar-refractivity contribution in [3.63, 3.8) is 0 Å². The molecule has 1 heterocycles. The van der Waals surface area contributed by atoms with Crippen LogP contribution in [0.5, 0.6) is 5.75 Å². The molecule has 1 aromatic heterocycles. The molecular formula is C26H20F2N2O4. The number of rotatable bonds is 7. The van der Waals surface area contributed by atoms with Gasteiger partial charge in [-0.15, -0.1) is 0 Å². The maximum atomic E-state index is 13.5. The summed E-state index contributed by atoms with van der Waals surface area (Å²) in [6, 6.07) is 22.3. The van der Waals surface area contributed by atoms with Crippen molar-refractivity contribution in [3.05, 3.63) is 113 Å². The minimum absolute atomic E-state index is 0.0585. The number of hydrogen-bond acceptors (Lipinski definition) is 4. The third-order valence-corrected chi connectivity index (χ3v) is 4.99. The molecule has 0 atom stereocenters. The number of halogens is 2. The average molecular weight is 462 g/mol. The zero-order valence-electron chi connectivity index (χ0n) is 17.9. The van der Waals surface area contributed by atoms with E-state index in [2.05, 4.69) is 5.32 Å². The van der Waals surface area contributed by atoms with Crippen LogP contribution in [0.4, 0.5) is 19.3 Å². The number of nitrogens with zero attached hydrogens (tertiary/aromatic N) is 1. The summed E-state index contributed by atoms with van der Waals surface area (Å²) in [5.41, 5.74) is 2.14. The highest BCUT2D eigenvalue weighted by Crippen LogP contribution is 2.28. The number of anilines is 1. The minimum Gasteiger partial charge on any atom is -0.463 e. The van der Waals surface area contributed by atoms with E-state index in [1.165, 1.54) is 53.2 Å². The smallest absolute Gasteiger partial charge is 0.411 e. The SMILES string of the molecule is O=C(Nc1cc(=O)n(-c2ccc(OCF)cc2)cc1-c1ccc(F)cc1)OCc1ccccc1. The van der Waals surface area contributed by atoms with Crippen molar-refractivity contribution < 1.29 is 23.0 Å². The lowest BCUT2D eigenvalue weighted by Gasteiger charge is -2.15. The topological polar surface area (TPSA) is 69.6 Å². The highest BCUT2D eigenvalue weighted by Gasteiger charge is 2.14. The molecule has 34 heavy (non-hydrogen) atoms. The van der Waals surface area contributed by atoms with E-state index in [9.17, 15) is 18.4 Å². The first-order valence-corrected chi connectivity index (χ1v) is 10.3. The van der Waals surface area contributed by atoms with E-state index in [0.29, 0.717) is 22.6 Å². The van der Waals surface area contributed by atoms with Gasteiger partial charge in [-0.1, -0.05) is 42.5 Å². The lowest BCUT2D eigenvalue weighted by Crippen LogP contribution is -2.21. The van der Waals surface area contributed by atoms with Gasteiger partial charge in [-0.05, 0) is 47.5 Å². The molecule has 8 heteroatoms. The highest BCUT2D eigenvalue weighted by atomic mass is 19.1. The van der Waals surface area contributed by atoms with Crippen molar-refractivity contribution >= 4 is 11.8 Å². The van der Waals surface area contributed by atoms with E-state index in [-0.39, 0.29) is 12.3 Å². The Bertz CT molecular complexity index is 1320. The van der Waals surface area contributed by atoms with E-state index in [0.717, 1.165) is 5.56 Å². The Labute approximate surface area is 194 Å². The lowest BCUT2D eigenvalue weighted by molar-refractivity contribution is 0.155. The van der Waals surface area contributed by atoms with Gasteiger partial charge in [-0.3, -0.25) is 14.7 Å². The second-order valence-electron chi connectivity index (χ2n) is 7.25. The van der Waals surface area contributed by atoms with Gasteiger partial charge >= 0.3 is 6.09 Å². The van der Waals surface area contributed by atoms with E-state index in [1.54, 1.807) is 12.1 Å². The predicted octanol–water partition coefficient (Wildman–Crippen LogP) is 5.70. The van der Waals surface area contributed by atoms with Gasteiger partial charge in [0.05, 0.1) is 5.69 Å². The summed E-state index contributed by atoms with van der Waals surface area (Å²) >= 11 is 0. The van der Waals surface area contributed by atoms with Crippen LogP contribution in [0.1, 0.15) is 5.56 Å². The third kappa shape index (κ3) is 5.47. The van der Waals surface area contributed by atoms with Crippen LogP contribution in [-0.2, 0) is 11.3 Å². The summed E-state index contributed by atoms with van der Waals surface area (Å²) < 4.78 is 37.3. The molecule has 0 bridgehead atoms. The number of benzene rings is 3. The van der Waals surface area contributed by atoms with Gasteiger partial charge < -0.3 is 9.47 Å². The van der Waals surface area contributed by atoms with E-state index < -0.39 is 24.3 Å². The number of hydrogen-bond donors (Lipinski definition) is 1. The van der Waals surface area contributed by atoms with Gasteiger partial charge in [0.1, 0.15) is 18.2 Å². The predicted molar refractivity (Wildman–Crippen MR) is 124 cm³/mol. The van der Waals surface area contributed by atoms with Crippen molar-refractivity contribution in [2.75, 3.05) is 12.2 Å². The monoisotopic (exact) mass is 462 g/mol. The Kier molecular flexibility index (Phi) is 6.98. The fraction of sp³-hybridized carbons (Fsp3) is 0.0769. The first-order valence-electron chi connectivity index (χ1n) is 10.3. The number of nitrogens with one attached hydrogen (secondary N) is 1. The average Bonchev–Trinajstić information content (AvgIpc) is 2.85. The molecule has 0 aliphatic carbocycles. The Hall–Kier alpha value is -4.46. The molecule has 4 aromatic rings. The molecule has 0 saturated heterocycles. The summed E-state index contributed by atoms with van der Waals surface area (Å²) in [4.78, 5) is 25.3. The van der Waals surface area contributed by atoms with Gasteiger partial charge in [0.15, 0.2) is 0 Å². The fourth-order valence-corrected chi connectivity index (χ4v) is 3.33. The molecule has 0 saturated carbocycles. The maximum Gasteiger partial charge on any atom is 0.411 e. The van der Waals surface area contributed by atoms with Crippen molar-refractivity contribution in [2.45, 2.75) is 6.61 Å². The molecule has 3 aromatic carbocycles. The van der Waals surface area contributed by atoms with Crippen LogP contribution in [0.15, 0.2) is 95.9 Å². The lowest BCUT2D eigenvalue weighted by atomic mass is 10.1. The summed E-state index contributed by atoms with van der Waals surface area (Å²) in [7, 11) is 0. The van der Waals surface area contributed by atoms with E-state index in [4.69, 9.17) is 9.47 Å². The molecule has 1 N–H and O–H groups in total. The van der Waals surface area contributed by atoms with Crippen molar-refractivity contribution in [3.8, 4) is 22.6 Å². The van der Waals surface area contributed by atoms with Gasteiger partial charge in [0, 0.05) is 23.5 Å². The van der Waals surface area contributed by atoms with Gasteiger partial charge in [-0.2, -0.15) is 0 Å². The first-order chi connectivity index (χ1) is 16.5. The number of pyridine rings is 1. The van der Waals surface area contributed by atoms with E-state index in [1.807, 2.05) is 30.3 Å². The molecule has 6 nitrogen and oxygen atoms in total. The van der Waals surface area contributed by atoms with Crippen molar-refractivity contribution in [2.24, 2.45) is 0 Å². The van der Waals surface area contributed by atoms with Crippen LogP contribution in [0, 0.1) is 5.82 Å². The molecule has 0 unspecified atom stereocenters. The normalized spacial score (nSPS) is 10.5. The summed E-state index contributed by atoms with van der Waals surface area (Å²) in [6.07, 6.45) is 0.796. The number of alkyl halides is 1. The number of carbonyl (C=O) groups excluding carboxylic acids is 1. The quantitative estimate of drug-likeness (QED) is 0.383. The molecule has 1 amide bonds. The fourth-order valence-electron chi connectivity index (χ4n) is 3.33. The second kappa shape index (κ2) is 10.4. The van der Waals surface area contributed by atoms with Crippen LogP contribution >= 0.6 is 0 Å². The number of ether oxygens (including phenoxy) is 2. The zero-order chi connectivity index (χ0) is 23.9. The van der Waals surface area contributed by atoms with Crippen molar-refractivity contribution in [1.29, 1.82) is 0 Å². The number of aromatic nitrogens is 1. The summed E-state index contributed by atoms with van der Waals surface area (Å²) in [5, 5.41) is 2.61. The van der Waals surface area contributed by atoms with Gasteiger partial charge in [-0.25, -0.2) is 13.6 Å². The minimum atomic E-state index is -0.964. The van der Waals surface area contributed by atoms with Crippen LogP contribution in [0.2, 0.25) is 0 Å². The van der Waals surface area contributed by atoms with Gasteiger partial charge in [0.2, 0.25) is 6.86 Å². The Morgan fingerprint density at radius 3 is 2.32 bits per heavy atom. The number of amides is 1. The molecule has 0 aliphatic heterocycles. The molecule has 0 radical (unpaired) electrons. The van der Waals surface area contributed by atoms with E-state index >= 15 is 0 Å². The Morgan fingerprint density at radius 1 is 0.941 bits per heavy atom. The highest BCUT2D eigenvalue weighted by molar-refractivity contribution is 5.91.